The Kier molecular flexibility index (Phi) is 4.03. The second-order valence-electron chi connectivity index (χ2n) is 2.33. The van der Waals surface area contributed by atoms with E-state index in [4.69, 9.17) is 0 Å². The molecule has 0 saturated carbocycles. The first kappa shape index (κ1) is 9.78. The monoisotopic (exact) mass is 194 g/mol. The van der Waals surface area contributed by atoms with Crippen LogP contribution in [0.3, 0.4) is 0 Å². The summed E-state index contributed by atoms with van der Waals surface area (Å²) in [5, 5.41) is 3.03. The van der Waals surface area contributed by atoms with Gasteiger partial charge in [-0.1, -0.05) is 23.4 Å². The largest absolute Gasteiger partial charge is 0.468 e. The van der Waals surface area contributed by atoms with E-state index in [1.165, 1.54) is 18.3 Å². The van der Waals surface area contributed by atoms with Gasteiger partial charge in [-0.15, -0.1) is 11.2 Å². The topological polar surface area (TPSA) is 26.3 Å². The summed E-state index contributed by atoms with van der Waals surface area (Å²) in [6.45, 7) is 0. The standard InChI is InChI=1S/C10H10O2S/c1-12-10(11)8-13-7-9-5-3-2-4-6-9/h2-6H,8H2,1H3. The molecule has 0 aliphatic heterocycles. The highest BCUT2D eigenvalue weighted by atomic mass is 32.1. The van der Waals surface area contributed by atoms with E-state index in [9.17, 15) is 4.79 Å². The summed E-state index contributed by atoms with van der Waals surface area (Å²) < 4.78 is 4.49. The van der Waals surface area contributed by atoms with Crippen molar-refractivity contribution in [2.45, 2.75) is 0 Å². The van der Waals surface area contributed by atoms with Crippen molar-refractivity contribution in [1.29, 1.82) is 0 Å². The van der Waals surface area contributed by atoms with Crippen LogP contribution in [0.5, 0.6) is 0 Å². The number of rotatable bonds is 1. The van der Waals surface area contributed by atoms with Gasteiger partial charge < -0.3 is 4.74 Å². The van der Waals surface area contributed by atoms with Crippen LogP contribution in [-0.2, 0) is 9.53 Å². The summed E-state index contributed by atoms with van der Waals surface area (Å²) in [6, 6.07) is 9.67. The molecule has 1 rings (SSSR count). The molecular formula is C10H10O2S. The fourth-order valence-corrected chi connectivity index (χ4v) is 1.35. The smallest absolute Gasteiger partial charge is 0.319 e. The van der Waals surface area contributed by atoms with Gasteiger partial charge in [0.25, 0.3) is 0 Å². The van der Waals surface area contributed by atoms with E-state index in [2.05, 4.69) is 9.92 Å². The third-order valence-electron chi connectivity index (χ3n) is 1.38. The first-order chi connectivity index (χ1) is 6.33. The van der Waals surface area contributed by atoms with Crippen molar-refractivity contribution >= 4 is 17.1 Å². The summed E-state index contributed by atoms with van der Waals surface area (Å²) in [5.41, 5.74) is 0.983. The lowest BCUT2D eigenvalue weighted by molar-refractivity contribution is -0.137. The Morgan fingerprint density at radius 2 is 2.15 bits per heavy atom. The lowest BCUT2D eigenvalue weighted by atomic mass is 10.2. The van der Waals surface area contributed by atoms with Crippen LogP contribution < -0.4 is 0 Å². The molecule has 1 aromatic rings. The maximum atomic E-state index is 10.7. The van der Waals surface area contributed by atoms with E-state index in [0.717, 1.165) is 5.56 Å². The quantitative estimate of drug-likeness (QED) is 0.638. The van der Waals surface area contributed by atoms with Crippen LogP contribution in [0.25, 0.3) is 0 Å². The number of hydrogen-bond acceptors (Lipinski definition) is 2. The van der Waals surface area contributed by atoms with E-state index in [1.54, 1.807) is 0 Å². The van der Waals surface area contributed by atoms with Gasteiger partial charge >= 0.3 is 5.97 Å². The van der Waals surface area contributed by atoms with Gasteiger partial charge in [-0.25, -0.2) is 0 Å². The molecule has 0 spiro atoms. The summed E-state index contributed by atoms with van der Waals surface area (Å²) >= 11 is 1.31. The van der Waals surface area contributed by atoms with E-state index in [0.29, 0.717) is 5.75 Å². The van der Waals surface area contributed by atoms with Crippen molar-refractivity contribution in [3.8, 4) is 5.18 Å². The molecule has 0 bridgehead atoms. The summed E-state index contributed by atoms with van der Waals surface area (Å²) in [7, 11) is 1.38. The van der Waals surface area contributed by atoms with Crippen molar-refractivity contribution in [3.63, 3.8) is 0 Å². The van der Waals surface area contributed by atoms with Gasteiger partial charge in [0.15, 0.2) is 0 Å². The number of ether oxygens (including phenoxy) is 1. The Morgan fingerprint density at radius 3 is 2.77 bits per heavy atom. The highest BCUT2D eigenvalue weighted by Gasteiger charge is 1.92. The zero-order valence-electron chi connectivity index (χ0n) is 7.32. The van der Waals surface area contributed by atoms with Gasteiger partial charge in [0.1, 0.15) is 5.75 Å². The van der Waals surface area contributed by atoms with E-state index < -0.39 is 0 Å². The third kappa shape index (κ3) is 3.74. The zero-order chi connectivity index (χ0) is 9.52. The number of methoxy groups -OCH3 is 1. The molecule has 1 aromatic carbocycles. The van der Waals surface area contributed by atoms with Gasteiger partial charge in [-0.3, -0.25) is 4.79 Å². The van der Waals surface area contributed by atoms with E-state index >= 15 is 0 Å². The normalized spacial score (nSPS) is 8.69. The van der Waals surface area contributed by atoms with Gasteiger partial charge in [-0.2, -0.15) is 0 Å². The van der Waals surface area contributed by atoms with E-state index in [1.807, 2.05) is 30.3 Å². The Morgan fingerprint density at radius 1 is 1.46 bits per heavy atom. The maximum absolute atomic E-state index is 10.7. The minimum Gasteiger partial charge on any atom is -0.468 e. The molecule has 0 aliphatic rings. The van der Waals surface area contributed by atoms with Crippen LogP contribution in [-0.4, -0.2) is 18.8 Å². The molecule has 68 valence electrons. The molecule has 13 heavy (non-hydrogen) atoms. The minimum absolute atomic E-state index is 0.228. The number of benzene rings is 1. The summed E-state index contributed by atoms with van der Waals surface area (Å²) in [6.07, 6.45) is 0. The van der Waals surface area contributed by atoms with E-state index in [-0.39, 0.29) is 5.97 Å². The van der Waals surface area contributed by atoms with Crippen molar-refractivity contribution in [2.24, 2.45) is 0 Å². The van der Waals surface area contributed by atoms with Crippen LogP contribution in [0, 0.1) is 5.18 Å². The van der Waals surface area contributed by atoms with Gasteiger partial charge in [0, 0.05) is 5.56 Å². The second kappa shape index (κ2) is 5.36. The predicted octanol–water partition coefficient (Wildman–Crippen LogP) is 1.90. The molecule has 0 heterocycles. The zero-order valence-corrected chi connectivity index (χ0v) is 8.14. The molecule has 0 aliphatic carbocycles. The Bertz CT molecular complexity index is 335. The maximum Gasteiger partial charge on any atom is 0.319 e. The fraction of sp³-hybridized carbons (Fsp3) is 0.200. The lowest BCUT2D eigenvalue weighted by Crippen LogP contribution is -2.00. The number of esters is 1. The minimum atomic E-state index is -0.228. The third-order valence-corrected chi connectivity index (χ3v) is 2.14. The molecule has 0 unspecified atom stereocenters. The highest BCUT2D eigenvalue weighted by molar-refractivity contribution is 7.89. The summed E-state index contributed by atoms with van der Waals surface area (Å²) in [4.78, 5) is 10.7. The fourth-order valence-electron chi connectivity index (χ4n) is 0.743. The average Bonchev–Trinajstić information content (AvgIpc) is 2.19. The molecule has 0 N–H and O–H groups in total. The lowest BCUT2D eigenvalue weighted by Gasteiger charge is -1.89. The Balaban J connectivity index is 2.54. The van der Waals surface area contributed by atoms with Gasteiger partial charge in [0.05, 0.1) is 7.11 Å². The van der Waals surface area contributed by atoms with Crippen LogP contribution in [0.4, 0.5) is 0 Å². The average molecular weight is 194 g/mol. The molecule has 0 radical (unpaired) electrons. The molecule has 3 heteroatoms. The van der Waals surface area contributed by atoms with Gasteiger partial charge in [-0.05, 0) is 12.1 Å². The Hall–Kier alpha value is -1.31. The number of carbonyl (C=O) groups excluding carboxylic acids is 1. The highest BCUT2D eigenvalue weighted by Crippen LogP contribution is 1.97. The van der Waals surface area contributed by atoms with Crippen LogP contribution in [0.15, 0.2) is 30.3 Å². The second-order valence-corrected chi connectivity index (χ2v) is 3.11. The molecule has 0 fully saturated rings. The van der Waals surface area contributed by atoms with Crippen LogP contribution in [0.2, 0.25) is 0 Å². The molecule has 0 amide bonds. The molecule has 0 atom stereocenters. The van der Waals surface area contributed by atoms with Crippen LogP contribution >= 0.6 is 11.2 Å². The Labute approximate surface area is 81.1 Å². The molecular weight excluding hydrogens is 184 g/mol. The first-order valence-corrected chi connectivity index (χ1v) is 4.81. The van der Waals surface area contributed by atoms with Crippen molar-refractivity contribution in [2.75, 3.05) is 12.9 Å². The van der Waals surface area contributed by atoms with Gasteiger partial charge in [0.2, 0.25) is 0 Å². The molecule has 2 nitrogen and oxygen atoms in total. The predicted molar refractivity (Wildman–Crippen MR) is 53.9 cm³/mol. The SMILES string of the molecule is COC(=O)CS#Cc1ccccc1. The molecule has 0 aromatic heterocycles. The van der Waals surface area contributed by atoms with Crippen molar-refractivity contribution in [1.82, 2.24) is 0 Å². The number of carbonyl (C=O) groups is 1. The van der Waals surface area contributed by atoms with Crippen molar-refractivity contribution in [3.05, 3.63) is 35.9 Å². The number of hydrogen-bond donors (Lipinski definition) is 0. The van der Waals surface area contributed by atoms with Crippen molar-refractivity contribution < 1.29 is 9.53 Å². The summed E-state index contributed by atoms with van der Waals surface area (Å²) in [5.74, 6) is 0.0826. The van der Waals surface area contributed by atoms with Crippen LogP contribution in [0.1, 0.15) is 5.56 Å². The molecule has 0 saturated heterocycles. The first-order valence-electron chi connectivity index (χ1n) is 3.82.